The summed E-state index contributed by atoms with van der Waals surface area (Å²) in [6.07, 6.45) is 5.57. The van der Waals surface area contributed by atoms with E-state index in [0.29, 0.717) is 25.5 Å². The SMILES string of the molecule is COc1ccc2c(CO)ccc(C[C@@H](N)[C@@H]3CC[C@@H](NC/C=C/c4cc(F)ccc4F)CO3)c2n1. The second-order valence-corrected chi connectivity index (χ2v) is 8.78. The Morgan fingerprint density at radius 2 is 2.03 bits per heavy atom. The molecule has 3 aromatic rings. The van der Waals surface area contributed by atoms with Crippen molar-refractivity contribution in [2.75, 3.05) is 20.3 Å². The number of nitrogens with two attached hydrogens (primary N) is 1. The van der Waals surface area contributed by atoms with E-state index in [1.54, 1.807) is 25.3 Å². The van der Waals surface area contributed by atoms with E-state index < -0.39 is 11.6 Å². The number of hydrogen-bond donors (Lipinski definition) is 3. The lowest BCUT2D eigenvalue weighted by Crippen LogP contribution is -2.47. The van der Waals surface area contributed by atoms with Gasteiger partial charge in [0.1, 0.15) is 11.6 Å². The molecule has 35 heavy (non-hydrogen) atoms. The fourth-order valence-corrected chi connectivity index (χ4v) is 4.45. The highest BCUT2D eigenvalue weighted by molar-refractivity contribution is 5.85. The lowest BCUT2D eigenvalue weighted by molar-refractivity contribution is -0.0156. The van der Waals surface area contributed by atoms with Crippen LogP contribution in [0, 0.1) is 11.6 Å². The molecular formula is C27H31F2N3O3. The molecule has 3 atom stereocenters. The molecule has 8 heteroatoms. The lowest BCUT2D eigenvalue weighted by atomic mass is 9.93. The Kier molecular flexibility index (Phi) is 8.41. The van der Waals surface area contributed by atoms with Crippen molar-refractivity contribution in [2.45, 2.75) is 44.1 Å². The average Bonchev–Trinajstić information content (AvgIpc) is 2.88. The second-order valence-electron chi connectivity index (χ2n) is 8.78. The molecule has 1 saturated heterocycles. The van der Waals surface area contributed by atoms with Gasteiger partial charge in [-0.1, -0.05) is 24.3 Å². The van der Waals surface area contributed by atoms with E-state index in [4.69, 9.17) is 15.2 Å². The van der Waals surface area contributed by atoms with Crippen LogP contribution in [0.1, 0.15) is 29.5 Å². The zero-order chi connectivity index (χ0) is 24.8. The van der Waals surface area contributed by atoms with Crippen molar-refractivity contribution in [2.24, 2.45) is 5.73 Å². The number of nitrogens with zero attached hydrogens (tertiary/aromatic N) is 1. The molecule has 0 bridgehead atoms. The minimum absolute atomic E-state index is 0.0661. The van der Waals surface area contributed by atoms with Crippen LogP contribution in [-0.2, 0) is 17.8 Å². The number of halogens is 2. The van der Waals surface area contributed by atoms with E-state index in [1.165, 1.54) is 6.07 Å². The summed E-state index contributed by atoms with van der Waals surface area (Å²) in [7, 11) is 1.57. The van der Waals surface area contributed by atoms with Crippen LogP contribution in [0.15, 0.2) is 48.5 Å². The van der Waals surface area contributed by atoms with E-state index in [9.17, 15) is 13.9 Å². The number of nitrogens with one attached hydrogen (secondary N) is 1. The summed E-state index contributed by atoms with van der Waals surface area (Å²) in [5.41, 5.74) is 9.34. The standard InChI is InChI=1S/C27H31F2N3O3/c1-34-26-11-8-22-19(15-33)5-4-18(27(22)32-26)14-24(30)25-10-7-21(16-35-25)31-12-2-3-17-13-20(28)6-9-23(17)29/h2-6,8-9,11,13,21,24-25,31,33H,7,10,12,14-16,30H2,1H3/b3-2+/t21-,24-,25+/m1/s1. The largest absolute Gasteiger partial charge is 0.481 e. The molecule has 4 N–H and O–H groups in total. The highest BCUT2D eigenvalue weighted by Crippen LogP contribution is 2.26. The van der Waals surface area contributed by atoms with Crippen LogP contribution in [-0.4, -0.2) is 48.5 Å². The van der Waals surface area contributed by atoms with Gasteiger partial charge in [-0.05, 0) is 54.7 Å². The van der Waals surface area contributed by atoms with Crippen molar-refractivity contribution in [1.29, 1.82) is 0 Å². The molecule has 186 valence electrons. The fraction of sp³-hybridized carbons (Fsp3) is 0.370. The van der Waals surface area contributed by atoms with Gasteiger partial charge < -0.3 is 25.6 Å². The molecule has 1 aliphatic rings. The van der Waals surface area contributed by atoms with Gasteiger partial charge in [-0.3, -0.25) is 0 Å². The van der Waals surface area contributed by atoms with Crippen molar-refractivity contribution >= 4 is 17.0 Å². The number of aliphatic hydroxyl groups is 1. The first-order valence-corrected chi connectivity index (χ1v) is 11.8. The van der Waals surface area contributed by atoms with Gasteiger partial charge in [0.25, 0.3) is 0 Å². The first-order chi connectivity index (χ1) is 17.0. The molecule has 0 unspecified atom stereocenters. The average molecular weight is 484 g/mol. The number of benzene rings is 2. The van der Waals surface area contributed by atoms with Gasteiger partial charge in [0.05, 0.1) is 31.9 Å². The Balaban J connectivity index is 1.31. The highest BCUT2D eigenvalue weighted by atomic mass is 19.1. The number of hydrogen-bond acceptors (Lipinski definition) is 6. The number of pyridine rings is 1. The van der Waals surface area contributed by atoms with Crippen molar-refractivity contribution in [1.82, 2.24) is 10.3 Å². The van der Waals surface area contributed by atoms with Crippen LogP contribution in [0.5, 0.6) is 5.88 Å². The van der Waals surface area contributed by atoms with Gasteiger partial charge in [-0.2, -0.15) is 0 Å². The van der Waals surface area contributed by atoms with Crippen LogP contribution in [0.4, 0.5) is 8.78 Å². The maximum absolute atomic E-state index is 13.7. The Morgan fingerprint density at radius 3 is 2.77 bits per heavy atom. The summed E-state index contributed by atoms with van der Waals surface area (Å²) in [6.45, 7) is 0.984. The Labute approximate surface area is 203 Å². The van der Waals surface area contributed by atoms with E-state index in [2.05, 4.69) is 10.3 Å². The topological polar surface area (TPSA) is 89.6 Å². The van der Waals surface area contributed by atoms with Crippen molar-refractivity contribution < 1.29 is 23.4 Å². The molecule has 4 rings (SSSR count). The molecule has 0 aliphatic carbocycles. The molecule has 1 fully saturated rings. The summed E-state index contributed by atoms with van der Waals surface area (Å²) in [4.78, 5) is 4.60. The maximum Gasteiger partial charge on any atom is 0.213 e. The number of aromatic nitrogens is 1. The number of fused-ring (bicyclic) bond motifs is 1. The van der Waals surface area contributed by atoms with E-state index in [-0.39, 0.29) is 30.4 Å². The smallest absolute Gasteiger partial charge is 0.213 e. The Hall–Kier alpha value is -2.91. The van der Waals surface area contributed by atoms with Crippen molar-refractivity contribution in [3.8, 4) is 5.88 Å². The third-order valence-corrected chi connectivity index (χ3v) is 6.41. The number of ether oxygens (including phenoxy) is 2. The minimum atomic E-state index is -0.464. The van der Waals surface area contributed by atoms with Crippen molar-refractivity contribution in [3.63, 3.8) is 0 Å². The summed E-state index contributed by atoms with van der Waals surface area (Å²) >= 11 is 0. The van der Waals surface area contributed by atoms with E-state index >= 15 is 0 Å². The number of rotatable bonds is 9. The van der Waals surface area contributed by atoms with Crippen LogP contribution < -0.4 is 15.8 Å². The summed E-state index contributed by atoms with van der Waals surface area (Å²) < 4.78 is 38.3. The van der Waals surface area contributed by atoms with Crippen LogP contribution in [0.25, 0.3) is 17.0 Å². The van der Waals surface area contributed by atoms with Gasteiger partial charge in [0, 0.05) is 35.6 Å². The quantitative estimate of drug-likeness (QED) is 0.430. The second kappa shape index (κ2) is 11.7. The monoisotopic (exact) mass is 483 g/mol. The molecule has 0 radical (unpaired) electrons. The Bertz CT molecular complexity index is 1180. The van der Waals surface area contributed by atoms with E-state index in [0.717, 1.165) is 47.0 Å². The molecule has 6 nitrogen and oxygen atoms in total. The number of aliphatic hydroxyl groups excluding tert-OH is 1. The van der Waals surface area contributed by atoms with Crippen LogP contribution in [0.3, 0.4) is 0 Å². The van der Waals surface area contributed by atoms with E-state index in [1.807, 2.05) is 18.2 Å². The fourth-order valence-electron chi connectivity index (χ4n) is 4.45. The van der Waals surface area contributed by atoms with Crippen LogP contribution in [0.2, 0.25) is 0 Å². The molecule has 1 aromatic heterocycles. The molecule has 0 amide bonds. The molecule has 1 aliphatic heterocycles. The van der Waals surface area contributed by atoms with Gasteiger partial charge in [-0.15, -0.1) is 0 Å². The maximum atomic E-state index is 13.7. The molecule has 0 saturated carbocycles. The molecule has 2 aromatic carbocycles. The normalized spacial score (nSPS) is 19.3. The van der Waals surface area contributed by atoms with Gasteiger partial charge in [0.15, 0.2) is 0 Å². The molecule has 0 spiro atoms. The molecular weight excluding hydrogens is 452 g/mol. The third-order valence-electron chi connectivity index (χ3n) is 6.41. The first-order valence-electron chi connectivity index (χ1n) is 11.8. The minimum Gasteiger partial charge on any atom is -0.481 e. The third kappa shape index (κ3) is 6.21. The van der Waals surface area contributed by atoms with Crippen molar-refractivity contribution in [3.05, 3.63) is 76.9 Å². The van der Waals surface area contributed by atoms with Gasteiger partial charge >= 0.3 is 0 Å². The number of methoxy groups -OCH3 is 1. The predicted molar refractivity (Wildman–Crippen MR) is 132 cm³/mol. The Morgan fingerprint density at radius 1 is 1.20 bits per heavy atom. The van der Waals surface area contributed by atoms with Gasteiger partial charge in [-0.25, -0.2) is 13.8 Å². The zero-order valence-corrected chi connectivity index (χ0v) is 19.7. The summed E-state index contributed by atoms with van der Waals surface area (Å²) in [5, 5.41) is 13.9. The molecule has 2 heterocycles. The lowest BCUT2D eigenvalue weighted by Gasteiger charge is -2.33. The summed E-state index contributed by atoms with van der Waals surface area (Å²) in [6, 6.07) is 10.9. The van der Waals surface area contributed by atoms with Crippen LogP contribution >= 0.6 is 0 Å². The predicted octanol–water partition coefficient (Wildman–Crippen LogP) is 3.73. The zero-order valence-electron chi connectivity index (χ0n) is 19.7. The first kappa shape index (κ1) is 25.2. The summed E-state index contributed by atoms with van der Waals surface area (Å²) in [5.74, 6) is -0.401. The highest BCUT2D eigenvalue weighted by Gasteiger charge is 2.26. The van der Waals surface area contributed by atoms with Gasteiger partial charge in [0.2, 0.25) is 5.88 Å².